The molecule has 3 rings (SSSR count). The van der Waals surface area contributed by atoms with E-state index in [1.165, 1.54) is 5.69 Å². The maximum atomic E-state index is 6.17. The summed E-state index contributed by atoms with van der Waals surface area (Å²) in [4.78, 5) is 5.89. The number of nitrogens with one attached hydrogen (secondary N) is 2. The number of rotatable bonds is 2. The first kappa shape index (κ1) is 11.1. The fourth-order valence-corrected chi connectivity index (χ4v) is 2.60. The highest BCUT2D eigenvalue weighted by Gasteiger charge is 2.11. The second-order valence-electron chi connectivity index (χ2n) is 4.52. The van der Waals surface area contributed by atoms with Gasteiger partial charge in [0.05, 0.1) is 0 Å². The van der Waals surface area contributed by atoms with Gasteiger partial charge in [-0.3, -0.25) is 4.90 Å². The molecule has 1 aromatic carbocycles. The van der Waals surface area contributed by atoms with Crippen molar-refractivity contribution < 1.29 is 0 Å². The van der Waals surface area contributed by atoms with E-state index < -0.39 is 0 Å². The summed E-state index contributed by atoms with van der Waals surface area (Å²) < 4.78 is 0. The van der Waals surface area contributed by atoms with Gasteiger partial charge in [0.1, 0.15) is 0 Å². The van der Waals surface area contributed by atoms with E-state index in [2.05, 4.69) is 27.3 Å². The highest BCUT2D eigenvalue weighted by Crippen LogP contribution is 2.24. The molecule has 0 atom stereocenters. The fourth-order valence-electron chi connectivity index (χ4n) is 2.37. The first-order valence-electron chi connectivity index (χ1n) is 6.02. The molecule has 0 unspecified atom stereocenters. The minimum atomic E-state index is 0.824. The Morgan fingerprint density at radius 3 is 2.82 bits per heavy atom. The fraction of sp³-hybridized carbons (Fsp3) is 0.385. The third-order valence-electron chi connectivity index (χ3n) is 3.27. The zero-order valence-electron chi connectivity index (χ0n) is 9.67. The van der Waals surface area contributed by atoms with E-state index in [4.69, 9.17) is 11.6 Å². The molecule has 1 aromatic heterocycles. The molecule has 0 radical (unpaired) electrons. The van der Waals surface area contributed by atoms with Crippen LogP contribution in [-0.2, 0) is 6.54 Å². The van der Waals surface area contributed by atoms with Crippen LogP contribution in [0.5, 0.6) is 0 Å². The van der Waals surface area contributed by atoms with E-state index in [1.54, 1.807) is 0 Å². The molecule has 4 heteroatoms. The first-order chi connectivity index (χ1) is 8.33. The van der Waals surface area contributed by atoms with Crippen molar-refractivity contribution in [3.05, 3.63) is 35.0 Å². The number of benzene rings is 1. The standard InChI is InChI=1S/C13H16ClN3/c14-12-2-1-3-13-11(12)8-10(16-13)9-17-6-4-15-5-7-17/h1-3,8,15-16H,4-7,9H2. The SMILES string of the molecule is Clc1cccc2[nH]c(CN3CCNCC3)cc12. The molecule has 2 N–H and O–H groups in total. The first-order valence-corrected chi connectivity index (χ1v) is 6.40. The van der Waals surface area contributed by atoms with Gasteiger partial charge in [-0.15, -0.1) is 0 Å². The molecule has 0 bridgehead atoms. The number of piperazine rings is 1. The summed E-state index contributed by atoms with van der Waals surface area (Å²) >= 11 is 6.17. The number of H-pyrrole nitrogens is 1. The van der Waals surface area contributed by atoms with Crippen LogP contribution in [0.4, 0.5) is 0 Å². The maximum Gasteiger partial charge on any atom is 0.0499 e. The average Bonchev–Trinajstić information content (AvgIpc) is 2.74. The summed E-state index contributed by atoms with van der Waals surface area (Å²) in [5, 5.41) is 5.31. The van der Waals surface area contributed by atoms with Gasteiger partial charge in [-0.1, -0.05) is 17.7 Å². The number of halogens is 1. The Kier molecular flexibility index (Phi) is 3.05. The van der Waals surface area contributed by atoms with Crippen LogP contribution in [0.3, 0.4) is 0 Å². The van der Waals surface area contributed by atoms with Crippen molar-refractivity contribution in [2.75, 3.05) is 26.2 Å². The summed E-state index contributed by atoms with van der Waals surface area (Å²) in [5.41, 5.74) is 2.37. The Balaban J connectivity index is 1.83. The van der Waals surface area contributed by atoms with Crippen LogP contribution in [-0.4, -0.2) is 36.1 Å². The Morgan fingerprint density at radius 1 is 1.24 bits per heavy atom. The van der Waals surface area contributed by atoms with Gasteiger partial charge in [-0.05, 0) is 18.2 Å². The van der Waals surface area contributed by atoms with Crippen LogP contribution in [0.15, 0.2) is 24.3 Å². The quantitative estimate of drug-likeness (QED) is 0.855. The summed E-state index contributed by atoms with van der Waals surface area (Å²) in [6.45, 7) is 5.38. The molecule has 1 fully saturated rings. The van der Waals surface area contributed by atoms with Gasteiger partial charge in [0.25, 0.3) is 0 Å². The van der Waals surface area contributed by atoms with Crippen LogP contribution >= 0.6 is 11.6 Å². The van der Waals surface area contributed by atoms with E-state index in [0.717, 1.165) is 48.6 Å². The predicted molar refractivity (Wildman–Crippen MR) is 71.5 cm³/mol. The number of fused-ring (bicyclic) bond motifs is 1. The highest BCUT2D eigenvalue weighted by molar-refractivity contribution is 6.35. The summed E-state index contributed by atoms with van der Waals surface area (Å²) in [5.74, 6) is 0. The molecular formula is C13H16ClN3. The molecule has 1 aliphatic heterocycles. The number of hydrogen-bond acceptors (Lipinski definition) is 2. The number of hydrogen-bond donors (Lipinski definition) is 2. The van der Waals surface area contributed by atoms with Crippen molar-refractivity contribution in [2.45, 2.75) is 6.54 Å². The molecule has 90 valence electrons. The molecule has 1 saturated heterocycles. The largest absolute Gasteiger partial charge is 0.357 e. The smallest absolute Gasteiger partial charge is 0.0499 e. The van der Waals surface area contributed by atoms with Crippen LogP contribution in [0.25, 0.3) is 10.9 Å². The Labute approximate surface area is 106 Å². The van der Waals surface area contributed by atoms with Crippen molar-refractivity contribution in [2.24, 2.45) is 0 Å². The summed E-state index contributed by atoms with van der Waals surface area (Å²) in [7, 11) is 0. The lowest BCUT2D eigenvalue weighted by atomic mass is 10.2. The number of aromatic nitrogens is 1. The second-order valence-corrected chi connectivity index (χ2v) is 4.93. The normalized spacial score (nSPS) is 17.7. The van der Waals surface area contributed by atoms with Crippen molar-refractivity contribution in [3.63, 3.8) is 0 Å². The van der Waals surface area contributed by atoms with Crippen molar-refractivity contribution in [1.82, 2.24) is 15.2 Å². The lowest BCUT2D eigenvalue weighted by Crippen LogP contribution is -2.42. The van der Waals surface area contributed by atoms with Gasteiger partial charge >= 0.3 is 0 Å². The zero-order valence-corrected chi connectivity index (χ0v) is 10.4. The Morgan fingerprint density at radius 2 is 2.06 bits per heavy atom. The minimum Gasteiger partial charge on any atom is -0.357 e. The number of aromatic amines is 1. The summed E-state index contributed by atoms with van der Waals surface area (Å²) in [6, 6.07) is 8.16. The molecule has 0 saturated carbocycles. The van der Waals surface area contributed by atoms with Crippen LogP contribution in [0.2, 0.25) is 5.02 Å². The molecular weight excluding hydrogens is 234 g/mol. The van der Waals surface area contributed by atoms with Crippen molar-refractivity contribution in [1.29, 1.82) is 0 Å². The van der Waals surface area contributed by atoms with Gasteiger partial charge in [-0.2, -0.15) is 0 Å². The Bertz CT molecular complexity index is 514. The Hall–Kier alpha value is -1.03. The van der Waals surface area contributed by atoms with Crippen LogP contribution < -0.4 is 5.32 Å². The minimum absolute atomic E-state index is 0.824. The summed E-state index contributed by atoms with van der Waals surface area (Å²) in [6.07, 6.45) is 0. The monoisotopic (exact) mass is 249 g/mol. The van der Waals surface area contributed by atoms with E-state index >= 15 is 0 Å². The molecule has 3 nitrogen and oxygen atoms in total. The maximum absolute atomic E-state index is 6.17. The lowest BCUT2D eigenvalue weighted by molar-refractivity contribution is 0.231. The lowest BCUT2D eigenvalue weighted by Gasteiger charge is -2.26. The van der Waals surface area contributed by atoms with Gasteiger partial charge in [0.2, 0.25) is 0 Å². The molecule has 0 aliphatic carbocycles. The molecule has 2 heterocycles. The third-order valence-corrected chi connectivity index (χ3v) is 3.60. The molecule has 0 spiro atoms. The second kappa shape index (κ2) is 4.69. The van der Waals surface area contributed by atoms with Gasteiger partial charge in [-0.25, -0.2) is 0 Å². The molecule has 1 aliphatic rings. The molecule has 17 heavy (non-hydrogen) atoms. The third kappa shape index (κ3) is 2.32. The van der Waals surface area contributed by atoms with Crippen LogP contribution in [0, 0.1) is 0 Å². The predicted octanol–water partition coefficient (Wildman–Crippen LogP) is 2.23. The van der Waals surface area contributed by atoms with Crippen molar-refractivity contribution in [3.8, 4) is 0 Å². The van der Waals surface area contributed by atoms with Crippen molar-refractivity contribution >= 4 is 22.5 Å². The molecule has 0 amide bonds. The average molecular weight is 250 g/mol. The topological polar surface area (TPSA) is 31.1 Å². The van der Waals surface area contributed by atoms with Crippen LogP contribution in [0.1, 0.15) is 5.69 Å². The number of nitrogens with zero attached hydrogens (tertiary/aromatic N) is 1. The van der Waals surface area contributed by atoms with Gasteiger partial charge in [0, 0.05) is 54.3 Å². The highest BCUT2D eigenvalue weighted by atomic mass is 35.5. The van der Waals surface area contributed by atoms with Gasteiger partial charge in [0.15, 0.2) is 0 Å². The zero-order chi connectivity index (χ0) is 11.7. The van der Waals surface area contributed by atoms with E-state index in [-0.39, 0.29) is 0 Å². The van der Waals surface area contributed by atoms with E-state index in [9.17, 15) is 0 Å². The molecule has 2 aromatic rings. The van der Waals surface area contributed by atoms with E-state index in [0.29, 0.717) is 0 Å². The van der Waals surface area contributed by atoms with E-state index in [1.807, 2.05) is 12.1 Å². The van der Waals surface area contributed by atoms with Gasteiger partial charge < -0.3 is 10.3 Å².